The molecule has 82 valence electrons. The summed E-state index contributed by atoms with van der Waals surface area (Å²) < 4.78 is 28.1. The lowest BCUT2D eigenvalue weighted by Gasteiger charge is -2.25. The highest BCUT2D eigenvalue weighted by Gasteiger charge is 2.43. The molecule has 0 spiro atoms. The minimum absolute atomic E-state index is 0.157. The molecule has 0 aromatic heterocycles. The maximum atomic E-state index is 14.1. The van der Waals surface area contributed by atoms with Crippen LogP contribution in [0.4, 0.5) is 8.78 Å². The van der Waals surface area contributed by atoms with Crippen LogP contribution in [0.1, 0.15) is 24.0 Å². The van der Waals surface area contributed by atoms with Gasteiger partial charge >= 0.3 is 0 Å². The first-order valence-corrected chi connectivity index (χ1v) is 5.29. The second-order valence-electron chi connectivity index (χ2n) is 4.09. The van der Waals surface area contributed by atoms with Crippen LogP contribution in [0.3, 0.4) is 0 Å². The molecule has 1 nitrogen and oxygen atoms in total. The normalized spacial score (nSPS) is 21.9. The molecule has 1 saturated heterocycles. The Balaban J connectivity index is 2.31. The van der Waals surface area contributed by atoms with Gasteiger partial charge in [-0.15, -0.1) is 0 Å². The lowest BCUT2D eigenvalue weighted by atomic mass is 9.96. The van der Waals surface area contributed by atoms with Crippen LogP contribution >= 0.6 is 0 Å². The highest BCUT2D eigenvalue weighted by Crippen LogP contribution is 2.36. The minimum atomic E-state index is -2.75. The molecule has 0 amide bonds. The fourth-order valence-electron chi connectivity index (χ4n) is 2.13. The zero-order chi connectivity index (χ0) is 10.9. The second kappa shape index (κ2) is 3.89. The Bertz CT molecular complexity index is 343. The van der Waals surface area contributed by atoms with Crippen molar-refractivity contribution in [2.45, 2.75) is 31.7 Å². The average Bonchev–Trinajstić information content (AvgIpc) is 2.71. The van der Waals surface area contributed by atoms with Gasteiger partial charge in [0.1, 0.15) is 0 Å². The Hall–Kier alpha value is -0.960. The molecular weight excluding hydrogens is 196 g/mol. The van der Waals surface area contributed by atoms with Gasteiger partial charge in [0.15, 0.2) is 0 Å². The van der Waals surface area contributed by atoms with Crippen molar-refractivity contribution in [1.82, 2.24) is 5.32 Å². The lowest BCUT2D eigenvalue weighted by Crippen LogP contribution is -2.39. The van der Waals surface area contributed by atoms with Crippen molar-refractivity contribution in [3.05, 3.63) is 35.4 Å². The van der Waals surface area contributed by atoms with Crippen LogP contribution < -0.4 is 5.32 Å². The van der Waals surface area contributed by atoms with Crippen LogP contribution in [0.5, 0.6) is 0 Å². The van der Waals surface area contributed by atoms with E-state index in [9.17, 15) is 8.78 Å². The summed E-state index contributed by atoms with van der Waals surface area (Å²) >= 11 is 0. The Morgan fingerprint density at radius 1 is 1.33 bits per heavy atom. The predicted molar refractivity (Wildman–Crippen MR) is 56.1 cm³/mol. The van der Waals surface area contributed by atoms with Crippen molar-refractivity contribution in [2.24, 2.45) is 0 Å². The minimum Gasteiger partial charge on any atom is -0.308 e. The van der Waals surface area contributed by atoms with Crippen LogP contribution in [0.2, 0.25) is 0 Å². The lowest BCUT2D eigenvalue weighted by molar-refractivity contribution is -0.0382. The summed E-state index contributed by atoms with van der Waals surface area (Å²) in [5.74, 6) is -2.75. The number of nitrogens with one attached hydrogen (secondary N) is 1. The first-order valence-electron chi connectivity index (χ1n) is 5.29. The molecule has 1 unspecified atom stereocenters. The van der Waals surface area contributed by atoms with Gasteiger partial charge in [-0.2, -0.15) is 8.78 Å². The van der Waals surface area contributed by atoms with Crippen molar-refractivity contribution in [2.75, 3.05) is 6.54 Å². The fourth-order valence-corrected chi connectivity index (χ4v) is 2.13. The summed E-state index contributed by atoms with van der Waals surface area (Å²) in [5.41, 5.74) is 0.820. The van der Waals surface area contributed by atoms with Gasteiger partial charge in [-0.3, -0.25) is 0 Å². The van der Waals surface area contributed by atoms with E-state index in [1.54, 1.807) is 25.1 Å². The summed E-state index contributed by atoms with van der Waals surface area (Å²) in [7, 11) is 0. The second-order valence-corrected chi connectivity index (χ2v) is 4.09. The van der Waals surface area contributed by atoms with Crippen molar-refractivity contribution in [1.29, 1.82) is 0 Å². The van der Waals surface area contributed by atoms with Gasteiger partial charge in [-0.05, 0) is 31.9 Å². The number of benzene rings is 1. The Kier molecular flexibility index (Phi) is 2.74. The van der Waals surface area contributed by atoms with Gasteiger partial charge in [-0.25, -0.2) is 0 Å². The van der Waals surface area contributed by atoms with E-state index in [4.69, 9.17) is 0 Å². The highest BCUT2D eigenvalue weighted by atomic mass is 19.3. The Morgan fingerprint density at radius 3 is 2.67 bits per heavy atom. The van der Waals surface area contributed by atoms with E-state index in [-0.39, 0.29) is 5.56 Å². The number of hydrogen-bond acceptors (Lipinski definition) is 1. The van der Waals surface area contributed by atoms with E-state index in [2.05, 4.69) is 5.32 Å². The van der Waals surface area contributed by atoms with E-state index in [1.807, 2.05) is 0 Å². The number of alkyl halides is 2. The molecule has 1 aromatic rings. The zero-order valence-corrected chi connectivity index (χ0v) is 8.76. The first kappa shape index (κ1) is 10.6. The van der Waals surface area contributed by atoms with Gasteiger partial charge < -0.3 is 5.32 Å². The quantitative estimate of drug-likeness (QED) is 0.793. The van der Waals surface area contributed by atoms with Gasteiger partial charge in [0.2, 0.25) is 0 Å². The molecule has 1 N–H and O–H groups in total. The topological polar surface area (TPSA) is 12.0 Å². The molecule has 1 fully saturated rings. The molecule has 15 heavy (non-hydrogen) atoms. The first-order chi connectivity index (χ1) is 7.12. The predicted octanol–water partition coefficient (Wildman–Crippen LogP) is 2.84. The molecule has 0 bridgehead atoms. The molecule has 2 rings (SSSR count). The Labute approximate surface area is 88.5 Å². The van der Waals surface area contributed by atoms with Gasteiger partial charge in [0.05, 0.1) is 6.04 Å². The van der Waals surface area contributed by atoms with Crippen molar-refractivity contribution in [3.8, 4) is 0 Å². The molecule has 1 aromatic carbocycles. The summed E-state index contributed by atoms with van der Waals surface area (Å²) in [4.78, 5) is 0. The third-order valence-electron chi connectivity index (χ3n) is 3.00. The van der Waals surface area contributed by atoms with Crippen LogP contribution in [-0.2, 0) is 5.92 Å². The zero-order valence-electron chi connectivity index (χ0n) is 8.76. The molecule has 3 heteroatoms. The SMILES string of the molecule is Cc1ccccc1C(F)(F)C1CCCN1. The number of rotatable bonds is 2. The van der Waals surface area contributed by atoms with Crippen molar-refractivity contribution < 1.29 is 8.78 Å². The summed E-state index contributed by atoms with van der Waals surface area (Å²) in [5, 5.41) is 2.87. The number of halogens is 2. The van der Waals surface area contributed by atoms with Crippen molar-refractivity contribution >= 4 is 0 Å². The third kappa shape index (κ3) is 1.88. The van der Waals surface area contributed by atoms with Crippen LogP contribution in [0, 0.1) is 6.92 Å². The van der Waals surface area contributed by atoms with E-state index >= 15 is 0 Å². The molecule has 1 aliphatic rings. The van der Waals surface area contributed by atoms with Gasteiger partial charge in [-0.1, -0.05) is 24.3 Å². The number of aryl methyl sites for hydroxylation is 1. The molecule has 0 aliphatic carbocycles. The monoisotopic (exact) mass is 211 g/mol. The molecule has 0 radical (unpaired) electrons. The molecule has 1 heterocycles. The average molecular weight is 211 g/mol. The summed E-state index contributed by atoms with van der Waals surface area (Å²) in [6.45, 7) is 2.43. The largest absolute Gasteiger partial charge is 0.308 e. The fraction of sp³-hybridized carbons (Fsp3) is 0.500. The van der Waals surface area contributed by atoms with Crippen LogP contribution in [-0.4, -0.2) is 12.6 Å². The summed E-state index contributed by atoms with van der Waals surface area (Å²) in [6.07, 6.45) is 1.40. The number of hydrogen-bond donors (Lipinski definition) is 1. The third-order valence-corrected chi connectivity index (χ3v) is 3.00. The van der Waals surface area contributed by atoms with E-state index in [0.29, 0.717) is 18.5 Å². The molecular formula is C12H15F2N. The Morgan fingerprint density at radius 2 is 2.07 bits per heavy atom. The van der Waals surface area contributed by atoms with Crippen LogP contribution in [0.15, 0.2) is 24.3 Å². The smallest absolute Gasteiger partial charge is 0.288 e. The van der Waals surface area contributed by atoms with E-state index < -0.39 is 12.0 Å². The van der Waals surface area contributed by atoms with Crippen molar-refractivity contribution in [3.63, 3.8) is 0 Å². The molecule has 1 atom stereocenters. The van der Waals surface area contributed by atoms with Crippen LogP contribution in [0.25, 0.3) is 0 Å². The standard InChI is InChI=1S/C12H15F2N/c1-9-5-2-3-6-10(9)12(13,14)11-7-4-8-15-11/h2-3,5-6,11,15H,4,7-8H2,1H3. The van der Waals surface area contributed by atoms with E-state index in [1.165, 1.54) is 6.07 Å². The van der Waals surface area contributed by atoms with E-state index in [0.717, 1.165) is 6.42 Å². The molecule has 0 saturated carbocycles. The molecule has 1 aliphatic heterocycles. The highest BCUT2D eigenvalue weighted by molar-refractivity contribution is 5.31. The maximum absolute atomic E-state index is 14.1. The van der Waals surface area contributed by atoms with Gasteiger partial charge in [0.25, 0.3) is 5.92 Å². The maximum Gasteiger partial charge on any atom is 0.288 e. The van der Waals surface area contributed by atoms with Gasteiger partial charge in [0, 0.05) is 5.56 Å². The summed E-state index contributed by atoms with van der Waals surface area (Å²) in [6, 6.07) is 6.02.